The lowest BCUT2D eigenvalue weighted by molar-refractivity contribution is 1.54. The van der Waals surface area contributed by atoms with Crippen LogP contribution in [0.15, 0.2) is 22.4 Å². The van der Waals surface area contributed by atoms with Crippen LogP contribution in [0.25, 0.3) is 5.70 Å². The molecule has 0 bridgehead atoms. The predicted molar refractivity (Wildman–Crippen MR) is 50.1 cm³/mol. The van der Waals surface area contributed by atoms with Crippen LogP contribution >= 0.6 is 24.0 Å². The van der Waals surface area contributed by atoms with Gasteiger partial charge in [-0.15, -0.1) is 24.0 Å². The molecule has 1 rings (SSSR count). The molecule has 0 saturated carbocycles. The van der Waals surface area contributed by atoms with Crippen LogP contribution in [0.3, 0.4) is 0 Å². The van der Waals surface area contributed by atoms with Crippen molar-refractivity contribution in [2.45, 2.75) is 6.92 Å². The molecule has 0 unspecified atom stereocenters. The molecule has 54 valence electrons. The molecule has 0 saturated heterocycles. The van der Waals surface area contributed by atoms with E-state index in [4.69, 9.17) is 5.73 Å². The van der Waals surface area contributed by atoms with E-state index in [1.165, 1.54) is 0 Å². The Morgan fingerprint density at radius 1 is 1.70 bits per heavy atom. The number of nitrogens with two attached hydrogens (primary N) is 1. The van der Waals surface area contributed by atoms with Gasteiger partial charge in [-0.2, -0.15) is 0 Å². The molecule has 2 N–H and O–H groups in total. The third kappa shape index (κ3) is 1.55. The van der Waals surface area contributed by atoms with E-state index in [2.05, 4.69) is 12.6 Å². The molecule has 10 heavy (non-hydrogen) atoms. The van der Waals surface area contributed by atoms with Crippen LogP contribution in [0.4, 0.5) is 0 Å². The third-order valence-electron chi connectivity index (χ3n) is 1.18. The van der Waals surface area contributed by atoms with Crippen LogP contribution in [0.1, 0.15) is 11.8 Å². The highest BCUT2D eigenvalue weighted by atomic mass is 32.1. The SMILES string of the molecule is C/C(S)=C(/N)c1cccs1. The van der Waals surface area contributed by atoms with Gasteiger partial charge in [-0.1, -0.05) is 6.07 Å². The Kier molecular flexibility index (Phi) is 2.40. The summed E-state index contributed by atoms with van der Waals surface area (Å²) >= 11 is 5.77. The molecule has 0 aromatic carbocycles. The lowest BCUT2D eigenvalue weighted by Crippen LogP contribution is -1.94. The van der Waals surface area contributed by atoms with Gasteiger partial charge in [-0.25, -0.2) is 0 Å². The summed E-state index contributed by atoms with van der Waals surface area (Å²) in [5.41, 5.74) is 6.47. The summed E-state index contributed by atoms with van der Waals surface area (Å²) in [6, 6.07) is 3.96. The summed E-state index contributed by atoms with van der Waals surface area (Å²) in [6.07, 6.45) is 0. The molecule has 3 heteroatoms. The number of rotatable bonds is 1. The van der Waals surface area contributed by atoms with Gasteiger partial charge in [0.25, 0.3) is 0 Å². The molecule has 0 atom stereocenters. The fourth-order valence-corrected chi connectivity index (χ4v) is 1.55. The second-order valence-electron chi connectivity index (χ2n) is 1.98. The van der Waals surface area contributed by atoms with E-state index < -0.39 is 0 Å². The lowest BCUT2D eigenvalue weighted by atomic mass is 10.3. The molecule has 1 heterocycles. The van der Waals surface area contributed by atoms with Crippen LogP contribution in [0.5, 0.6) is 0 Å². The molecule has 0 radical (unpaired) electrons. The highest BCUT2D eigenvalue weighted by Crippen LogP contribution is 2.19. The van der Waals surface area contributed by atoms with Crippen molar-refractivity contribution in [3.63, 3.8) is 0 Å². The van der Waals surface area contributed by atoms with E-state index in [0.717, 1.165) is 15.5 Å². The monoisotopic (exact) mass is 171 g/mol. The first kappa shape index (κ1) is 7.69. The minimum Gasteiger partial charge on any atom is -0.397 e. The van der Waals surface area contributed by atoms with E-state index in [1.54, 1.807) is 11.3 Å². The zero-order valence-corrected chi connectivity index (χ0v) is 7.38. The van der Waals surface area contributed by atoms with Gasteiger partial charge in [-0.05, 0) is 18.4 Å². The van der Waals surface area contributed by atoms with Crippen molar-refractivity contribution in [3.05, 3.63) is 27.3 Å². The van der Waals surface area contributed by atoms with Gasteiger partial charge < -0.3 is 5.73 Å². The first-order valence-corrected chi connectivity index (χ1v) is 4.23. The molecule has 0 spiro atoms. The quantitative estimate of drug-likeness (QED) is 0.623. The van der Waals surface area contributed by atoms with Crippen LogP contribution in [0, 0.1) is 0 Å². The van der Waals surface area contributed by atoms with Gasteiger partial charge in [0.1, 0.15) is 0 Å². The van der Waals surface area contributed by atoms with Crippen molar-refractivity contribution in [2.24, 2.45) is 5.73 Å². The zero-order valence-electron chi connectivity index (χ0n) is 5.66. The Hall–Kier alpha value is -0.410. The minimum atomic E-state index is 0.776. The average Bonchev–Trinajstić information content (AvgIpc) is 2.36. The maximum atomic E-state index is 5.70. The normalized spacial score (nSPS) is 13.0. The number of thiophene rings is 1. The maximum Gasteiger partial charge on any atom is 0.0580 e. The number of allylic oxidation sites excluding steroid dienone is 1. The summed E-state index contributed by atoms with van der Waals surface area (Å²) in [6.45, 7) is 1.89. The van der Waals surface area contributed by atoms with Gasteiger partial charge in [-0.3, -0.25) is 0 Å². The summed E-state index contributed by atoms with van der Waals surface area (Å²) in [5.74, 6) is 0. The van der Waals surface area contributed by atoms with E-state index in [1.807, 2.05) is 24.4 Å². The fourth-order valence-electron chi connectivity index (χ4n) is 0.610. The van der Waals surface area contributed by atoms with Crippen LogP contribution < -0.4 is 5.73 Å². The molecule has 0 fully saturated rings. The summed E-state index contributed by atoms with van der Waals surface area (Å²) < 4.78 is 0. The Morgan fingerprint density at radius 2 is 2.40 bits per heavy atom. The Labute approximate surface area is 70.0 Å². The second-order valence-corrected chi connectivity index (χ2v) is 3.59. The number of thiol groups is 1. The van der Waals surface area contributed by atoms with Crippen LogP contribution in [-0.4, -0.2) is 0 Å². The third-order valence-corrected chi connectivity index (χ3v) is 2.32. The van der Waals surface area contributed by atoms with Crippen LogP contribution in [0.2, 0.25) is 0 Å². The highest BCUT2D eigenvalue weighted by molar-refractivity contribution is 7.84. The fraction of sp³-hybridized carbons (Fsp3) is 0.143. The van der Waals surface area contributed by atoms with Crippen molar-refractivity contribution in [1.82, 2.24) is 0 Å². The van der Waals surface area contributed by atoms with Gasteiger partial charge in [0, 0.05) is 4.91 Å². The van der Waals surface area contributed by atoms with Gasteiger partial charge in [0.2, 0.25) is 0 Å². The summed E-state index contributed by atoms with van der Waals surface area (Å²) in [4.78, 5) is 1.97. The van der Waals surface area contributed by atoms with E-state index in [-0.39, 0.29) is 0 Å². The Balaban J connectivity index is 2.99. The number of hydrogen-bond donors (Lipinski definition) is 2. The molecule has 1 aromatic heterocycles. The summed E-state index contributed by atoms with van der Waals surface area (Å²) in [5, 5.41) is 2.00. The maximum absolute atomic E-state index is 5.70. The van der Waals surface area contributed by atoms with E-state index >= 15 is 0 Å². The van der Waals surface area contributed by atoms with Crippen molar-refractivity contribution in [1.29, 1.82) is 0 Å². The van der Waals surface area contributed by atoms with Crippen molar-refractivity contribution in [2.75, 3.05) is 0 Å². The largest absolute Gasteiger partial charge is 0.397 e. The van der Waals surface area contributed by atoms with E-state index in [0.29, 0.717) is 0 Å². The molecule has 0 aliphatic heterocycles. The van der Waals surface area contributed by atoms with Crippen molar-refractivity contribution >= 4 is 29.7 Å². The van der Waals surface area contributed by atoms with Crippen molar-refractivity contribution < 1.29 is 0 Å². The topological polar surface area (TPSA) is 26.0 Å². The highest BCUT2D eigenvalue weighted by Gasteiger charge is 1.97. The predicted octanol–water partition coefficient (Wildman–Crippen LogP) is 2.33. The van der Waals surface area contributed by atoms with Gasteiger partial charge in [0.05, 0.1) is 10.6 Å². The zero-order chi connectivity index (χ0) is 7.56. The molecular formula is C7H9NS2. The molecule has 0 aliphatic rings. The van der Waals surface area contributed by atoms with Gasteiger partial charge >= 0.3 is 0 Å². The molecule has 0 amide bonds. The molecule has 1 aromatic rings. The minimum absolute atomic E-state index is 0.776. The first-order chi connectivity index (χ1) is 4.72. The molecular weight excluding hydrogens is 162 g/mol. The standard InChI is InChI=1S/C7H9NS2/c1-5(9)7(8)6-3-2-4-10-6/h2-4,9H,8H2,1H3/b7-5-. The van der Waals surface area contributed by atoms with Crippen LogP contribution in [-0.2, 0) is 0 Å². The molecule has 0 aliphatic carbocycles. The smallest absolute Gasteiger partial charge is 0.0580 e. The lowest BCUT2D eigenvalue weighted by Gasteiger charge is -1.97. The van der Waals surface area contributed by atoms with Crippen molar-refractivity contribution in [3.8, 4) is 0 Å². The average molecular weight is 171 g/mol. The molecule has 1 nitrogen and oxygen atoms in total. The Bertz CT molecular complexity index is 232. The summed E-state index contributed by atoms with van der Waals surface area (Å²) in [7, 11) is 0. The Morgan fingerprint density at radius 3 is 2.80 bits per heavy atom. The number of hydrogen-bond acceptors (Lipinski definition) is 3. The second kappa shape index (κ2) is 3.12. The van der Waals surface area contributed by atoms with Gasteiger partial charge in [0.15, 0.2) is 0 Å². The first-order valence-electron chi connectivity index (χ1n) is 2.91. The van der Waals surface area contributed by atoms with E-state index in [9.17, 15) is 0 Å².